The minimum Gasteiger partial charge on any atom is -0.488 e. The number of ether oxygens (including phenoxy) is 2. The van der Waals surface area contributed by atoms with E-state index in [0.29, 0.717) is 16.7 Å². The molecule has 0 spiro atoms. The predicted molar refractivity (Wildman–Crippen MR) is 95.3 cm³/mol. The second-order valence-corrected chi connectivity index (χ2v) is 5.80. The summed E-state index contributed by atoms with van der Waals surface area (Å²) in [6, 6.07) is 20.3. The Morgan fingerprint density at radius 1 is 0.815 bits per heavy atom. The van der Waals surface area contributed by atoms with E-state index in [4.69, 9.17) is 4.74 Å². The molecule has 3 aromatic carbocycles. The molecule has 0 fully saturated rings. The van der Waals surface area contributed by atoms with Crippen LogP contribution < -0.4 is 9.47 Å². The van der Waals surface area contributed by atoms with Crippen LogP contribution in [0.3, 0.4) is 0 Å². The van der Waals surface area contributed by atoms with Crippen molar-refractivity contribution in [2.75, 3.05) is 0 Å². The molecule has 6 heteroatoms. The lowest BCUT2D eigenvalue weighted by atomic mass is 9.99. The number of alkyl halides is 3. The number of halogens is 3. The third-order valence-corrected chi connectivity index (χ3v) is 3.90. The molecule has 0 saturated carbocycles. The average Bonchev–Trinajstić information content (AvgIpc) is 2.66. The topological polar surface area (TPSA) is 38.7 Å². The van der Waals surface area contributed by atoms with Crippen LogP contribution in [0.25, 0.3) is 11.1 Å². The van der Waals surface area contributed by atoms with Gasteiger partial charge in [-0.3, -0.25) is 0 Å². The number of benzene rings is 3. The molecule has 3 aromatic rings. The highest BCUT2D eigenvalue weighted by Gasteiger charge is 2.31. The maximum Gasteiger partial charge on any atom is 0.573 e. The number of aliphatic hydroxyl groups excluding tert-OH is 1. The highest BCUT2D eigenvalue weighted by atomic mass is 19.4. The summed E-state index contributed by atoms with van der Waals surface area (Å²) in [5.41, 5.74) is 2.78. The smallest absolute Gasteiger partial charge is 0.488 e. The Kier molecular flexibility index (Phi) is 5.66. The summed E-state index contributed by atoms with van der Waals surface area (Å²) in [6.07, 6.45) is -4.79. The zero-order valence-corrected chi connectivity index (χ0v) is 14.2. The van der Waals surface area contributed by atoms with Gasteiger partial charge in [-0.1, -0.05) is 54.6 Å². The van der Waals surface area contributed by atoms with Gasteiger partial charge in [0.25, 0.3) is 0 Å². The molecule has 0 heterocycles. The third-order valence-electron chi connectivity index (χ3n) is 3.90. The molecule has 0 unspecified atom stereocenters. The molecule has 140 valence electrons. The molecule has 0 amide bonds. The van der Waals surface area contributed by atoms with E-state index < -0.39 is 6.36 Å². The standard InChI is InChI=1S/C21H17F3O3/c22-21(23,24)27-17-10-11-19(18-9-5-4-8-16(18)13-25)20(12-17)26-14-15-6-2-1-3-7-15/h1-12,25H,13-14H2. The van der Waals surface area contributed by atoms with Crippen LogP contribution in [0.5, 0.6) is 11.5 Å². The van der Waals surface area contributed by atoms with Crippen molar-refractivity contribution in [1.29, 1.82) is 0 Å². The van der Waals surface area contributed by atoms with Crippen molar-refractivity contribution in [2.45, 2.75) is 19.6 Å². The van der Waals surface area contributed by atoms with Crippen LogP contribution in [0.4, 0.5) is 13.2 Å². The fourth-order valence-corrected chi connectivity index (χ4v) is 2.70. The van der Waals surface area contributed by atoms with E-state index in [1.807, 2.05) is 30.3 Å². The minimum absolute atomic E-state index is 0.185. The molecule has 0 saturated heterocycles. The fourth-order valence-electron chi connectivity index (χ4n) is 2.70. The zero-order valence-electron chi connectivity index (χ0n) is 14.2. The van der Waals surface area contributed by atoms with E-state index in [2.05, 4.69) is 4.74 Å². The molecule has 27 heavy (non-hydrogen) atoms. The summed E-state index contributed by atoms with van der Waals surface area (Å²) in [6.45, 7) is -0.0142. The number of hydrogen-bond donors (Lipinski definition) is 1. The predicted octanol–water partition coefficient (Wildman–Crippen LogP) is 5.32. The van der Waals surface area contributed by atoms with E-state index in [-0.39, 0.29) is 24.7 Å². The van der Waals surface area contributed by atoms with Crippen LogP contribution in [0.15, 0.2) is 72.8 Å². The summed E-state index contributed by atoms with van der Waals surface area (Å²) in [7, 11) is 0. The summed E-state index contributed by atoms with van der Waals surface area (Å²) in [4.78, 5) is 0. The van der Waals surface area contributed by atoms with Crippen molar-refractivity contribution in [3.05, 3.63) is 83.9 Å². The highest BCUT2D eigenvalue weighted by Crippen LogP contribution is 2.37. The second kappa shape index (κ2) is 8.14. The van der Waals surface area contributed by atoms with Gasteiger partial charge >= 0.3 is 6.36 Å². The first-order valence-corrected chi connectivity index (χ1v) is 8.22. The summed E-state index contributed by atoms with van der Waals surface area (Å²) >= 11 is 0. The van der Waals surface area contributed by atoms with E-state index >= 15 is 0 Å². The quantitative estimate of drug-likeness (QED) is 0.634. The lowest BCUT2D eigenvalue weighted by molar-refractivity contribution is -0.274. The first-order chi connectivity index (χ1) is 13.0. The molecular formula is C21H17F3O3. The third kappa shape index (κ3) is 5.01. The molecule has 0 aromatic heterocycles. The Morgan fingerprint density at radius 3 is 2.22 bits per heavy atom. The van der Waals surface area contributed by atoms with Crippen molar-refractivity contribution in [3.63, 3.8) is 0 Å². The minimum atomic E-state index is -4.79. The largest absolute Gasteiger partial charge is 0.573 e. The number of aliphatic hydroxyl groups is 1. The molecule has 0 atom stereocenters. The Morgan fingerprint density at radius 2 is 1.52 bits per heavy atom. The van der Waals surface area contributed by atoms with Gasteiger partial charge in [-0.15, -0.1) is 13.2 Å². The van der Waals surface area contributed by atoms with Crippen molar-refractivity contribution in [1.82, 2.24) is 0 Å². The van der Waals surface area contributed by atoms with Crippen LogP contribution in [-0.2, 0) is 13.2 Å². The van der Waals surface area contributed by atoms with E-state index in [1.54, 1.807) is 24.3 Å². The molecule has 3 nitrogen and oxygen atoms in total. The van der Waals surface area contributed by atoms with Gasteiger partial charge in [-0.25, -0.2) is 0 Å². The van der Waals surface area contributed by atoms with Crippen molar-refractivity contribution < 1.29 is 27.8 Å². The van der Waals surface area contributed by atoms with Crippen LogP contribution >= 0.6 is 0 Å². The molecule has 0 aliphatic carbocycles. The van der Waals surface area contributed by atoms with E-state index in [9.17, 15) is 18.3 Å². The maximum absolute atomic E-state index is 12.6. The molecular weight excluding hydrogens is 357 g/mol. The van der Waals surface area contributed by atoms with Gasteiger partial charge in [0.05, 0.1) is 6.61 Å². The molecule has 0 aliphatic rings. The Hall–Kier alpha value is -2.99. The maximum atomic E-state index is 12.6. The van der Waals surface area contributed by atoms with E-state index in [0.717, 1.165) is 5.56 Å². The molecule has 3 rings (SSSR count). The molecule has 0 aliphatic heterocycles. The molecule has 0 radical (unpaired) electrons. The van der Waals surface area contributed by atoms with Gasteiger partial charge < -0.3 is 14.6 Å². The van der Waals surface area contributed by atoms with Gasteiger partial charge in [0.2, 0.25) is 0 Å². The van der Waals surface area contributed by atoms with Gasteiger partial charge in [0.1, 0.15) is 18.1 Å². The lowest BCUT2D eigenvalue weighted by Crippen LogP contribution is -2.17. The van der Waals surface area contributed by atoms with Crippen molar-refractivity contribution in [2.24, 2.45) is 0 Å². The zero-order chi connectivity index (χ0) is 19.3. The monoisotopic (exact) mass is 374 g/mol. The normalized spacial score (nSPS) is 11.3. The SMILES string of the molecule is OCc1ccccc1-c1ccc(OC(F)(F)F)cc1OCc1ccccc1. The lowest BCUT2D eigenvalue weighted by Gasteiger charge is -2.16. The fraction of sp³-hybridized carbons (Fsp3) is 0.143. The highest BCUT2D eigenvalue weighted by molar-refractivity contribution is 5.74. The Labute approximate surface area is 154 Å². The van der Waals surface area contributed by atoms with Gasteiger partial charge in [0, 0.05) is 11.6 Å². The molecule has 0 bridgehead atoms. The summed E-state index contributed by atoms with van der Waals surface area (Å²) in [5, 5.41) is 9.57. The summed E-state index contributed by atoms with van der Waals surface area (Å²) < 4.78 is 47.5. The van der Waals surface area contributed by atoms with Crippen LogP contribution in [0, 0.1) is 0 Å². The van der Waals surface area contributed by atoms with E-state index in [1.165, 1.54) is 18.2 Å². The number of hydrogen-bond acceptors (Lipinski definition) is 3. The van der Waals surface area contributed by atoms with Crippen molar-refractivity contribution in [3.8, 4) is 22.6 Å². The van der Waals surface area contributed by atoms with Gasteiger partial charge in [-0.2, -0.15) is 0 Å². The van der Waals surface area contributed by atoms with Gasteiger partial charge in [0.15, 0.2) is 0 Å². The van der Waals surface area contributed by atoms with Gasteiger partial charge in [-0.05, 0) is 28.8 Å². The first-order valence-electron chi connectivity index (χ1n) is 8.22. The first kappa shape index (κ1) is 18.8. The van der Waals surface area contributed by atoms with Crippen molar-refractivity contribution >= 4 is 0 Å². The molecule has 1 N–H and O–H groups in total. The Balaban J connectivity index is 1.98. The number of rotatable bonds is 6. The van der Waals surface area contributed by atoms with Crippen LogP contribution in [0.2, 0.25) is 0 Å². The Bertz CT molecular complexity index is 893. The second-order valence-electron chi connectivity index (χ2n) is 5.80. The summed E-state index contributed by atoms with van der Waals surface area (Å²) in [5.74, 6) is -0.128. The average molecular weight is 374 g/mol. The van der Waals surface area contributed by atoms with Crippen LogP contribution in [-0.4, -0.2) is 11.5 Å². The van der Waals surface area contributed by atoms with Crippen LogP contribution in [0.1, 0.15) is 11.1 Å².